The summed E-state index contributed by atoms with van der Waals surface area (Å²) < 4.78 is 0. The van der Waals surface area contributed by atoms with Crippen LogP contribution in [0.15, 0.2) is 30.9 Å². The van der Waals surface area contributed by atoms with E-state index in [0.717, 1.165) is 17.8 Å². The fourth-order valence-electron chi connectivity index (χ4n) is 2.92. The van der Waals surface area contributed by atoms with Gasteiger partial charge in [0, 0.05) is 0 Å². The SMILES string of the molecule is C=C(C)c1cccc2c1C=CC1C(C)C21.CC. The number of fused-ring (bicyclic) bond motifs is 3. The van der Waals surface area contributed by atoms with Gasteiger partial charge in [0.1, 0.15) is 0 Å². The van der Waals surface area contributed by atoms with Crippen molar-refractivity contribution in [3.8, 4) is 0 Å². The average molecular weight is 226 g/mol. The zero-order valence-electron chi connectivity index (χ0n) is 11.3. The molecule has 1 aromatic carbocycles. The first kappa shape index (κ1) is 12.2. The molecule has 0 aliphatic heterocycles. The van der Waals surface area contributed by atoms with Crippen LogP contribution < -0.4 is 0 Å². The monoisotopic (exact) mass is 226 g/mol. The quantitative estimate of drug-likeness (QED) is 0.623. The van der Waals surface area contributed by atoms with Crippen LogP contribution in [-0.4, -0.2) is 0 Å². The van der Waals surface area contributed by atoms with Crippen LogP contribution in [0.1, 0.15) is 50.3 Å². The van der Waals surface area contributed by atoms with E-state index in [0.29, 0.717) is 0 Å². The standard InChI is InChI=1S/C15H16.C2H6/c1-9(2)11-5-4-6-14-13(11)8-7-12-10(3)15(12)14;1-2/h4-8,10,12,15H,1H2,2-3H3;1-2H3. The van der Waals surface area contributed by atoms with Crippen LogP contribution in [-0.2, 0) is 0 Å². The van der Waals surface area contributed by atoms with Gasteiger partial charge in [-0.2, -0.15) is 0 Å². The lowest BCUT2D eigenvalue weighted by Gasteiger charge is -2.14. The maximum Gasteiger partial charge on any atom is -0.00584 e. The van der Waals surface area contributed by atoms with Gasteiger partial charge in [-0.3, -0.25) is 0 Å². The Labute approximate surface area is 105 Å². The predicted molar refractivity (Wildman–Crippen MR) is 76.9 cm³/mol. The molecule has 3 atom stereocenters. The van der Waals surface area contributed by atoms with Crippen molar-refractivity contribution in [1.29, 1.82) is 0 Å². The topological polar surface area (TPSA) is 0 Å². The Morgan fingerprint density at radius 3 is 2.59 bits per heavy atom. The van der Waals surface area contributed by atoms with Crippen molar-refractivity contribution in [3.05, 3.63) is 47.5 Å². The van der Waals surface area contributed by atoms with Gasteiger partial charge >= 0.3 is 0 Å². The zero-order valence-corrected chi connectivity index (χ0v) is 11.3. The van der Waals surface area contributed by atoms with Gasteiger partial charge < -0.3 is 0 Å². The third kappa shape index (κ3) is 1.86. The molecule has 1 fully saturated rings. The van der Waals surface area contributed by atoms with E-state index in [2.05, 4.69) is 50.8 Å². The molecule has 17 heavy (non-hydrogen) atoms. The molecular formula is C17H22. The molecule has 3 unspecified atom stereocenters. The summed E-state index contributed by atoms with van der Waals surface area (Å²) in [5.41, 5.74) is 5.44. The Morgan fingerprint density at radius 1 is 1.24 bits per heavy atom. The van der Waals surface area contributed by atoms with Crippen LogP contribution in [0, 0.1) is 11.8 Å². The molecule has 1 aromatic rings. The number of hydrogen-bond acceptors (Lipinski definition) is 0. The highest BCUT2D eigenvalue weighted by atomic mass is 14.5. The first-order valence-corrected chi connectivity index (χ1v) is 6.67. The molecule has 0 N–H and O–H groups in total. The highest BCUT2D eigenvalue weighted by Gasteiger charge is 2.48. The first-order valence-electron chi connectivity index (χ1n) is 6.67. The fraction of sp³-hybridized carbons (Fsp3) is 0.412. The van der Waals surface area contributed by atoms with E-state index in [-0.39, 0.29) is 0 Å². The minimum atomic E-state index is 0.782. The summed E-state index contributed by atoms with van der Waals surface area (Å²) in [5.74, 6) is 2.42. The van der Waals surface area contributed by atoms with Gasteiger partial charge in [-0.25, -0.2) is 0 Å². The summed E-state index contributed by atoms with van der Waals surface area (Å²) in [4.78, 5) is 0. The molecule has 90 valence electrons. The van der Waals surface area contributed by atoms with Gasteiger partial charge in [0.25, 0.3) is 0 Å². The molecule has 0 nitrogen and oxygen atoms in total. The molecule has 0 spiro atoms. The molecule has 0 radical (unpaired) electrons. The number of allylic oxidation sites excluding steroid dienone is 2. The van der Waals surface area contributed by atoms with Crippen LogP contribution in [0.25, 0.3) is 11.6 Å². The lowest BCUT2D eigenvalue weighted by Crippen LogP contribution is -1.96. The van der Waals surface area contributed by atoms with Crippen LogP contribution in [0.3, 0.4) is 0 Å². The van der Waals surface area contributed by atoms with E-state index in [1.807, 2.05) is 13.8 Å². The molecular weight excluding hydrogens is 204 g/mol. The largest absolute Gasteiger partial charge is 0.0955 e. The summed E-state index contributed by atoms with van der Waals surface area (Å²) in [6.07, 6.45) is 4.67. The normalized spacial score (nSPS) is 27.4. The van der Waals surface area contributed by atoms with Crippen LogP contribution >= 0.6 is 0 Å². The minimum Gasteiger partial charge on any atom is -0.0955 e. The Kier molecular flexibility index (Phi) is 3.24. The van der Waals surface area contributed by atoms with Gasteiger partial charge in [0.2, 0.25) is 0 Å². The van der Waals surface area contributed by atoms with E-state index < -0.39 is 0 Å². The van der Waals surface area contributed by atoms with Gasteiger partial charge in [-0.05, 0) is 41.4 Å². The summed E-state index contributed by atoms with van der Waals surface area (Å²) in [6.45, 7) is 12.5. The molecule has 0 bridgehead atoms. The van der Waals surface area contributed by atoms with E-state index in [9.17, 15) is 0 Å². The molecule has 0 heterocycles. The maximum atomic E-state index is 4.06. The molecule has 0 aromatic heterocycles. The van der Waals surface area contributed by atoms with E-state index >= 15 is 0 Å². The van der Waals surface area contributed by atoms with Crippen molar-refractivity contribution in [2.75, 3.05) is 0 Å². The third-order valence-electron chi connectivity index (χ3n) is 3.89. The Bertz CT molecular complexity index is 465. The van der Waals surface area contributed by atoms with E-state index in [1.54, 1.807) is 0 Å². The van der Waals surface area contributed by atoms with Crippen molar-refractivity contribution in [2.24, 2.45) is 11.8 Å². The van der Waals surface area contributed by atoms with Crippen LogP contribution in [0.5, 0.6) is 0 Å². The molecule has 1 saturated carbocycles. The fourth-order valence-corrected chi connectivity index (χ4v) is 2.92. The third-order valence-corrected chi connectivity index (χ3v) is 3.89. The summed E-state index contributed by atoms with van der Waals surface area (Å²) >= 11 is 0. The van der Waals surface area contributed by atoms with Crippen molar-refractivity contribution in [1.82, 2.24) is 0 Å². The van der Waals surface area contributed by atoms with Crippen molar-refractivity contribution in [2.45, 2.75) is 33.6 Å². The lowest BCUT2D eigenvalue weighted by atomic mass is 9.90. The summed E-state index contributed by atoms with van der Waals surface area (Å²) in [7, 11) is 0. The Hall–Kier alpha value is -1.30. The van der Waals surface area contributed by atoms with E-state index in [1.165, 1.54) is 22.3 Å². The second kappa shape index (κ2) is 4.52. The van der Waals surface area contributed by atoms with Crippen molar-refractivity contribution < 1.29 is 0 Å². The lowest BCUT2D eigenvalue weighted by molar-refractivity contribution is 0.892. The average Bonchev–Trinajstić information content (AvgIpc) is 3.03. The van der Waals surface area contributed by atoms with Crippen molar-refractivity contribution in [3.63, 3.8) is 0 Å². The van der Waals surface area contributed by atoms with Crippen LogP contribution in [0.4, 0.5) is 0 Å². The Morgan fingerprint density at radius 2 is 1.94 bits per heavy atom. The van der Waals surface area contributed by atoms with Crippen molar-refractivity contribution >= 4 is 11.6 Å². The summed E-state index contributed by atoms with van der Waals surface area (Å²) in [6, 6.07) is 6.63. The molecule has 0 saturated heterocycles. The zero-order chi connectivity index (χ0) is 12.6. The predicted octanol–water partition coefficient (Wildman–Crippen LogP) is 5.12. The highest BCUT2D eigenvalue weighted by molar-refractivity contribution is 5.76. The smallest absolute Gasteiger partial charge is 0.00584 e. The second-order valence-corrected chi connectivity index (χ2v) is 4.91. The minimum absolute atomic E-state index is 0.782. The number of hydrogen-bond donors (Lipinski definition) is 0. The van der Waals surface area contributed by atoms with Gasteiger partial charge in [0.15, 0.2) is 0 Å². The molecule has 0 amide bonds. The van der Waals surface area contributed by atoms with Gasteiger partial charge in [0.05, 0.1) is 0 Å². The maximum absolute atomic E-state index is 4.06. The molecule has 3 rings (SSSR count). The van der Waals surface area contributed by atoms with Gasteiger partial charge in [-0.1, -0.05) is 63.3 Å². The number of rotatable bonds is 1. The second-order valence-electron chi connectivity index (χ2n) is 4.91. The molecule has 2 aliphatic carbocycles. The Balaban J connectivity index is 0.000000514. The summed E-state index contributed by atoms with van der Waals surface area (Å²) in [5, 5.41) is 0. The van der Waals surface area contributed by atoms with E-state index in [4.69, 9.17) is 0 Å². The molecule has 2 aliphatic rings. The molecule has 0 heteroatoms. The highest BCUT2D eigenvalue weighted by Crippen LogP contribution is 2.58. The van der Waals surface area contributed by atoms with Gasteiger partial charge in [-0.15, -0.1) is 0 Å². The first-order chi connectivity index (χ1) is 8.20. The number of benzene rings is 1. The van der Waals surface area contributed by atoms with Crippen LogP contribution in [0.2, 0.25) is 0 Å².